The molecule has 1 N–H and O–H groups in total. The minimum absolute atomic E-state index is 0.357. The molecule has 2 nitrogen and oxygen atoms in total. The average Bonchev–Trinajstić information content (AvgIpc) is 2.63. The van der Waals surface area contributed by atoms with Crippen molar-refractivity contribution in [3.8, 4) is 0 Å². The molecule has 1 aromatic carbocycles. The molecule has 1 aliphatic rings. The van der Waals surface area contributed by atoms with Crippen molar-refractivity contribution in [1.82, 2.24) is 10.2 Å². The zero-order valence-corrected chi connectivity index (χ0v) is 11.9. The quantitative estimate of drug-likeness (QED) is 0.859. The lowest BCUT2D eigenvalue weighted by atomic mass is 9.96. The molecule has 0 aliphatic carbocycles. The van der Waals surface area contributed by atoms with Crippen LogP contribution in [0.3, 0.4) is 0 Å². The number of nitrogens with zero attached hydrogens (tertiary/aromatic N) is 1. The summed E-state index contributed by atoms with van der Waals surface area (Å²) in [5.74, 6) is 0.806. The van der Waals surface area contributed by atoms with Crippen LogP contribution in [0.2, 0.25) is 0 Å². The van der Waals surface area contributed by atoms with E-state index < -0.39 is 0 Å². The first-order valence-corrected chi connectivity index (χ1v) is 7.05. The third-order valence-corrected chi connectivity index (χ3v) is 4.13. The van der Waals surface area contributed by atoms with Crippen LogP contribution in [0.5, 0.6) is 0 Å². The summed E-state index contributed by atoms with van der Waals surface area (Å²) in [5, 5.41) is 3.32. The van der Waals surface area contributed by atoms with Gasteiger partial charge in [-0.25, -0.2) is 0 Å². The summed E-state index contributed by atoms with van der Waals surface area (Å²) in [4.78, 5) is 2.65. The van der Waals surface area contributed by atoms with Crippen molar-refractivity contribution >= 4 is 0 Å². The fourth-order valence-electron chi connectivity index (χ4n) is 3.19. The number of hydrogen-bond donors (Lipinski definition) is 1. The van der Waals surface area contributed by atoms with Gasteiger partial charge < -0.3 is 5.32 Å². The van der Waals surface area contributed by atoms with E-state index in [9.17, 15) is 0 Å². The van der Waals surface area contributed by atoms with Crippen LogP contribution in [0.25, 0.3) is 0 Å². The van der Waals surface area contributed by atoms with Crippen molar-refractivity contribution in [3.63, 3.8) is 0 Å². The van der Waals surface area contributed by atoms with Crippen molar-refractivity contribution in [2.45, 2.75) is 32.2 Å². The number of nitrogens with one attached hydrogen (secondary N) is 1. The Balaban J connectivity index is 1.89. The first-order valence-electron chi connectivity index (χ1n) is 7.05. The van der Waals surface area contributed by atoms with E-state index in [2.05, 4.69) is 61.4 Å². The summed E-state index contributed by atoms with van der Waals surface area (Å²) in [6, 6.07) is 10.8. The molecule has 0 aromatic heterocycles. The van der Waals surface area contributed by atoms with Crippen molar-refractivity contribution < 1.29 is 0 Å². The first kappa shape index (κ1) is 13.6. The van der Waals surface area contributed by atoms with E-state index in [4.69, 9.17) is 0 Å². The van der Waals surface area contributed by atoms with E-state index in [1.54, 1.807) is 0 Å². The molecule has 1 unspecified atom stereocenters. The number of benzene rings is 1. The molecule has 1 heterocycles. The second kappa shape index (κ2) is 5.85. The Morgan fingerprint density at radius 3 is 2.67 bits per heavy atom. The second-order valence-corrected chi connectivity index (χ2v) is 6.12. The molecule has 1 aliphatic heterocycles. The Labute approximate surface area is 111 Å². The molecule has 0 bridgehead atoms. The summed E-state index contributed by atoms with van der Waals surface area (Å²) in [6.45, 7) is 8.32. The van der Waals surface area contributed by atoms with Crippen LogP contribution >= 0.6 is 0 Å². The molecule has 0 spiro atoms. The largest absolute Gasteiger partial charge is 0.319 e. The monoisotopic (exact) mass is 246 g/mol. The molecular weight excluding hydrogens is 220 g/mol. The van der Waals surface area contributed by atoms with Gasteiger partial charge in [-0.3, -0.25) is 4.90 Å². The van der Waals surface area contributed by atoms with Gasteiger partial charge in [-0.05, 0) is 51.8 Å². The van der Waals surface area contributed by atoms with Gasteiger partial charge in [-0.15, -0.1) is 0 Å². The summed E-state index contributed by atoms with van der Waals surface area (Å²) in [6.07, 6.45) is 2.47. The van der Waals surface area contributed by atoms with Crippen LogP contribution in [0, 0.1) is 5.92 Å². The molecule has 1 fully saturated rings. The highest BCUT2D eigenvalue weighted by atomic mass is 15.2. The van der Waals surface area contributed by atoms with Crippen LogP contribution in [0.1, 0.15) is 25.8 Å². The van der Waals surface area contributed by atoms with Gasteiger partial charge in [0.1, 0.15) is 0 Å². The first-order chi connectivity index (χ1) is 8.62. The molecule has 1 saturated heterocycles. The highest BCUT2D eigenvalue weighted by molar-refractivity contribution is 5.15. The zero-order chi connectivity index (χ0) is 13.0. The van der Waals surface area contributed by atoms with E-state index in [1.807, 2.05) is 0 Å². The smallest absolute Gasteiger partial charge is 0.0157 e. The van der Waals surface area contributed by atoms with Crippen LogP contribution in [0.15, 0.2) is 30.3 Å². The molecule has 2 heteroatoms. The molecule has 1 aromatic rings. The van der Waals surface area contributed by atoms with E-state index in [1.165, 1.54) is 25.1 Å². The second-order valence-electron chi connectivity index (χ2n) is 6.12. The standard InChI is InChI=1S/C16H26N2/c1-16(2)11-15(12-17-3)13-18(16)10-9-14-7-5-4-6-8-14/h4-8,15,17H,9-13H2,1-3H3. The minimum Gasteiger partial charge on any atom is -0.319 e. The minimum atomic E-state index is 0.357. The number of hydrogen-bond acceptors (Lipinski definition) is 2. The molecule has 0 radical (unpaired) electrons. The van der Waals surface area contributed by atoms with Crippen LogP contribution < -0.4 is 5.32 Å². The summed E-state index contributed by atoms with van der Waals surface area (Å²) in [7, 11) is 2.06. The zero-order valence-electron chi connectivity index (χ0n) is 11.9. The van der Waals surface area contributed by atoms with Gasteiger partial charge in [-0.2, -0.15) is 0 Å². The predicted octanol–water partition coefficient (Wildman–Crippen LogP) is 2.55. The lowest BCUT2D eigenvalue weighted by molar-refractivity contribution is 0.177. The Morgan fingerprint density at radius 1 is 1.28 bits per heavy atom. The van der Waals surface area contributed by atoms with Gasteiger partial charge in [0.25, 0.3) is 0 Å². The average molecular weight is 246 g/mol. The third kappa shape index (κ3) is 3.33. The van der Waals surface area contributed by atoms with Crippen molar-refractivity contribution in [1.29, 1.82) is 0 Å². The molecule has 0 amide bonds. The summed E-state index contributed by atoms with van der Waals surface area (Å²) in [5.41, 5.74) is 1.81. The molecule has 18 heavy (non-hydrogen) atoms. The highest BCUT2D eigenvalue weighted by Gasteiger charge is 2.37. The van der Waals surface area contributed by atoms with Crippen LogP contribution in [0.4, 0.5) is 0 Å². The Kier molecular flexibility index (Phi) is 4.41. The fourth-order valence-corrected chi connectivity index (χ4v) is 3.19. The summed E-state index contributed by atoms with van der Waals surface area (Å²) < 4.78 is 0. The SMILES string of the molecule is CNCC1CN(CCc2ccccc2)C(C)(C)C1. The Hall–Kier alpha value is -0.860. The van der Waals surface area contributed by atoms with Crippen LogP contribution in [-0.4, -0.2) is 37.1 Å². The Morgan fingerprint density at radius 2 is 2.00 bits per heavy atom. The summed E-state index contributed by atoms with van der Waals surface area (Å²) >= 11 is 0. The number of likely N-dealkylation sites (tertiary alicyclic amines) is 1. The molecule has 0 saturated carbocycles. The highest BCUT2D eigenvalue weighted by Crippen LogP contribution is 2.32. The normalized spacial score (nSPS) is 23.4. The van der Waals surface area contributed by atoms with E-state index in [0.717, 1.165) is 18.9 Å². The lowest BCUT2D eigenvalue weighted by Crippen LogP contribution is -2.39. The van der Waals surface area contributed by atoms with Gasteiger partial charge in [-0.1, -0.05) is 30.3 Å². The molecular formula is C16H26N2. The predicted molar refractivity (Wildman–Crippen MR) is 77.8 cm³/mol. The van der Waals surface area contributed by atoms with E-state index in [-0.39, 0.29) is 0 Å². The maximum absolute atomic E-state index is 3.32. The Bertz CT molecular complexity index is 359. The molecule has 100 valence electrons. The van der Waals surface area contributed by atoms with E-state index in [0.29, 0.717) is 5.54 Å². The van der Waals surface area contributed by atoms with Crippen molar-refractivity contribution in [2.24, 2.45) is 5.92 Å². The maximum Gasteiger partial charge on any atom is 0.0157 e. The van der Waals surface area contributed by atoms with E-state index >= 15 is 0 Å². The topological polar surface area (TPSA) is 15.3 Å². The van der Waals surface area contributed by atoms with Gasteiger partial charge >= 0.3 is 0 Å². The van der Waals surface area contributed by atoms with Gasteiger partial charge in [0.05, 0.1) is 0 Å². The molecule has 1 atom stereocenters. The third-order valence-electron chi connectivity index (χ3n) is 4.13. The van der Waals surface area contributed by atoms with Gasteiger partial charge in [0.2, 0.25) is 0 Å². The fraction of sp³-hybridized carbons (Fsp3) is 0.625. The maximum atomic E-state index is 3.32. The molecule has 2 rings (SSSR count). The van der Waals surface area contributed by atoms with Crippen molar-refractivity contribution in [2.75, 3.05) is 26.7 Å². The lowest BCUT2D eigenvalue weighted by Gasteiger charge is -2.31. The number of rotatable bonds is 5. The van der Waals surface area contributed by atoms with Gasteiger partial charge in [0, 0.05) is 18.6 Å². The van der Waals surface area contributed by atoms with Gasteiger partial charge in [0.15, 0.2) is 0 Å². The van der Waals surface area contributed by atoms with Crippen molar-refractivity contribution in [3.05, 3.63) is 35.9 Å². The van der Waals surface area contributed by atoms with Crippen LogP contribution in [-0.2, 0) is 6.42 Å².